The molecule has 0 saturated heterocycles. The van der Waals surface area contributed by atoms with E-state index in [1.165, 1.54) is 0 Å². The van der Waals surface area contributed by atoms with Crippen LogP contribution in [-0.2, 0) is 9.59 Å². The number of aliphatic carboxylic acids is 1. The van der Waals surface area contributed by atoms with Gasteiger partial charge in [0.05, 0.1) is 0 Å². The normalized spacial score (nSPS) is 10.2. The van der Waals surface area contributed by atoms with Crippen LogP contribution in [0.5, 0.6) is 0 Å². The lowest BCUT2D eigenvalue weighted by atomic mass is 10.3. The third-order valence-electron chi connectivity index (χ3n) is 1.81. The van der Waals surface area contributed by atoms with Crippen LogP contribution in [0.2, 0.25) is 0 Å². The van der Waals surface area contributed by atoms with E-state index >= 15 is 0 Å². The van der Waals surface area contributed by atoms with Crippen molar-refractivity contribution in [3.8, 4) is 0 Å². The third kappa shape index (κ3) is 3.40. The van der Waals surface area contributed by atoms with Gasteiger partial charge in [-0.05, 0) is 12.1 Å². The first kappa shape index (κ1) is 12.8. The van der Waals surface area contributed by atoms with Crippen molar-refractivity contribution in [2.45, 2.75) is 4.84 Å². The van der Waals surface area contributed by atoms with Crippen molar-refractivity contribution in [3.05, 3.63) is 30.3 Å². The highest BCUT2D eigenvalue weighted by Crippen LogP contribution is 2.17. The Labute approximate surface area is 102 Å². The highest BCUT2D eigenvalue weighted by atomic mass is 35.5. The number of benzene rings is 1. The number of carbonyl (C=O) groups is 2. The summed E-state index contributed by atoms with van der Waals surface area (Å²) in [5, 5.41) is 8.70. The van der Waals surface area contributed by atoms with Crippen molar-refractivity contribution < 1.29 is 14.7 Å². The highest BCUT2D eigenvalue weighted by molar-refractivity contribution is 6.54. The molecule has 0 saturated carbocycles. The number of nitrogens with zero attached hydrogens (tertiary/aromatic N) is 1. The zero-order valence-electron chi connectivity index (χ0n) is 8.14. The molecular weight excluding hydrogens is 253 g/mol. The van der Waals surface area contributed by atoms with Crippen LogP contribution < -0.4 is 4.90 Å². The van der Waals surface area contributed by atoms with Gasteiger partial charge in [0.1, 0.15) is 6.54 Å². The molecule has 0 fully saturated rings. The lowest BCUT2D eigenvalue weighted by molar-refractivity contribution is -0.136. The number of hydrogen-bond donors (Lipinski definition) is 1. The summed E-state index contributed by atoms with van der Waals surface area (Å²) in [4.78, 5) is 22.0. The summed E-state index contributed by atoms with van der Waals surface area (Å²) in [7, 11) is 0. The molecule has 1 rings (SSSR count). The van der Waals surface area contributed by atoms with Gasteiger partial charge in [0, 0.05) is 5.69 Å². The maximum Gasteiger partial charge on any atom is 0.323 e. The van der Waals surface area contributed by atoms with Crippen molar-refractivity contribution in [1.29, 1.82) is 0 Å². The summed E-state index contributed by atoms with van der Waals surface area (Å²) in [6, 6.07) is 8.35. The molecule has 0 aliphatic carbocycles. The molecule has 0 aliphatic heterocycles. The van der Waals surface area contributed by atoms with Crippen LogP contribution in [0.4, 0.5) is 5.69 Å². The van der Waals surface area contributed by atoms with E-state index in [4.69, 9.17) is 28.3 Å². The molecule has 0 unspecified atom stereocenters. The molecule has 0 aliphatic rings. The maximum absolute atomic E-state index is 11.6. The van der Waals surface area contributed by atoms with E-state index in [-0.39, 0.29) is 0 Å². The second-order valence-electron chi connectivity index (χ2n) is 2.95. The number of rotatable bonds is 4. The van der Waals surface area contributed by atoms with Crippen molar-refractivity contribution in [2.75, 3.05) is 11.4 Å². The topological polar surface area (TPSA) is 57.6 Å². The fraction of sp³-hybridized carbons (Fsp3) is 0.200. The minimum absolute atomic E-state index is 0.446. The van der Waals surface area contributed by atoms with E-state index in [2.05, 4.69) is 0 Å². The lowest BCUT2D eigenvalue weighted by Crippen LogP contribution is -2.38. The fourth-order valence-electron chi connectivity index (χ4n) is 1.16. The Morgan fingerprint density at radius 3 is 2.25 bits per heavy atom. The summed E-state index contributed by atoms with van der Waals surface area (Å²) >= 11 is 10.9. The van der Waals surface area contributed by atoms with E-state index in [9.17, 15) is 9.59 Å². The third-order valence-corrected chi connectivity index (χ3v) is 2.19. The van der Waals surface area contributed by atoms with E-state index in [0.29, 0.717) is 5.69 Å². The van der Waals surface area contributed by atoms with E-state index in [1.807, 2.05) is 0 Å². The van der Waals surface area contributed by atoms with Gasteiger partial charge in [-0.2, -0.15) is 0 Å². The monoisotopic (exact) mass is 261 g/mol. The van der Waals surface area contributed by atoms with Crippen LogP contribution in [0.1, 0.15) is 0 Å². The Bertz CT molecular complexity index is 381. The van der Waals surface area contributed by atoms with Crippen molar-refractivity contribution in [1.82, 2.24) is 0 Å². The maximum atomic E-state index is 11.6. The Hall–Kier alpha value is -1.26. The second-order valence-corrected chi connectivity index (χ2v) is 4.05. The summed E-state index contributed by atoms with van der Waals surface area (Å²) in [5.41, 5.74) is 0.446. The van der Waals surface area contributed by atoms with E-state index < -0.39 is 23.3 Å². The largest absolute Gasteiger partial charge is 0.480 e. The molecule has 6 heteroatoms. The van der Waals surface area contributed by atoms with Gasteiger partial charge in [0.2, 0.25) is 0 Å². The van der Waals surface area contributed by atoms with Crippen molar-refractivity contribution >= 4 is 40.8 Å². The minimum Gasteiger partial charge on any atom is -0.480 e. The average Bonchev–Trinajstić information content (AvgIpc) is 2.26. The molecular formula is C10H9Cl2NO3. The number of hydrogen-bond acceptors (Lipinski definition) is 2. The van der Waals surface area contributed by atoms with Gasteiger partial charge in [-0.15, -0.1) is 0 Å². The first-order valence-corrected chi connectivity index (χ1v) is 5.26. The molecule has 0 aromatic heterocycles. The zero-order chi connectivity index (χ0) is 12.1. The molecule has 0 heterocycles. The van der Waals surface area contributed by atoms with Gasteiger partial charge in [-0.25, -0.2) is 0 Å². The van der Waals surface area contributed by atoms with Gasteiger partial charge >= 0.3 is 5.97 Å². The van der Waals surface area contributed by atoms with E-state index in [1.54, 1.807) is 30.3 Å². The molecule has 0 radical (unpaired) electrons. The van der Waals surface area contributed by atoms with Crippen molar-refractivity contribution in [3.63, 3.8) is 0 Å². The average molecular weight is 262 g/mol. The fourth-order valence-corrected chi connectivity index (χ4v) is 1.39. The Kier molecular flexibility index (Phi) is 4.58. The quantitative estimate of drug-likeness (QED) is 0.843. The number of para-hydroxylation sites is 1. The first-order chi connectivity index (χ1) is 7.52. The lowest BCUT2D eigenvalue weighted by Gasteiger charge is -2.21. The van der Waals surface area contributed by atoms with Gasteiger partial charge in [-0.3, -0.25) is 14.5 Å². The predicted molar refractivity (Wildman–Crippen MR) is 61.9 cm³/mol. The smallest absolute Gasteiger partial charge is 0.323 e. The predicted octanol–water partition coefficient (Wildman–Crippen LogP) is 1.91. The van der Waals surface area contributed by atoms with Crippen molar-refractivity contribution in [2.24, 2.45) is 0 Å². The van der Waals surface area contributed by atoms with Crippen LogP contribution in [0, 0.1) is 0 Å². The van der Waals surface area contributed by atoms with Crippen LogP contribution >= 0.6 is 23.2 Å². The molecule has 1 N–H and O–H groups in total. The van der Waals surface area contributed by atoms with Gasteiger partial charge in [0.25, 0.3) is 5.91 Å². The van der Waals surface area contributed by atoms with Gasteiger partial charge in [-0.1, -0.05) is 41.4 Å². The molecule has 0 spiro atoms. The molecule has 0 bridgehead atoms. The highest BCUT2D eigenvalue weighted by Gasteiger charge is 2.23. The summed E-state index contributed by atoms with van der Waals surface area (Å²) in [6.45, 7) is -0.473. The Morgan fingerprint density at radius 1 is 1.25 bits per heavy atom. The standard InChI is InChI=1S/C10H9Cl2NO3/c11-9(12)10(16)13(6-8(14)15)7-4-2-1-3-5-7/h1-5,9H,6H2,(H,14,15). The second kappa shape index (κ2) is 5.72. The number of anilines is 1. The van der Waals surface area contributed by atoms with Gasteiger partial charge < -0.3 is 5.11 Å². The molecule has 86 valence electrons. The minimum atomic E-state index is -1.28. The Balaban J connectivity index is 2.96. The number of carboxylic acids is 1. The molecule has 1 aromatic rings. The van der Waals surface area contributed by atoms with Crippen LogP contribution in [0.3, 0.4) is 0 Å². The SMILES string of the molecule is O=C(O)CN(C(=O)C(Cl)Cl)c1ccccc1. The molecule has 1 aromatic carbocycles. The first-order valence-electron chi connectivity index (χ1n) is 4.38. The van der Waals surface area contributed by atoms with E-state index in [0.717, 1.165) is 4.90 Å². The molecule has 4 nitrogen and oxygen atoms in total. The number of amides is 1. The number of carboxylic acid groups (broad SMARTS) is 1. The van der Waals surface area contributed by atoms with Crippen LogP contribution in [-0.4, -0.2) is 28.4 Å². The zero-order valence-corrected chi connectivity index (χ0v) is 9.65. The van der Waals surface area contributed by atoms with Crippen LogP contribution in [0.15, 0.2) is 30.3 Å². The van der Waals surface area contributed by atoms with Gasteiger partial charge in [0.15, 0.2) is 4.84 Å². The summed E-state index contributed by atoms with van der Waals surface area (Å²) in [5.74, 6) is -1.79. The molecule has 1 amide bonds. The summed E-state index contributed by atoms with van der Waals surface area (Å²) in [6.07, 6.45) is 0. The molecule has 0 atom stereocenters. The number of carbonyl (C=O) groups excluding carboxylic acids is 1. The Morgan fingerprint density at radius 2 is 1.81 bits per heavy atom. The van der Waals surface area contributed by atoms with Crippen LogP contribution in [0.25, 0.3) is 0 Å². The molecule has 16 heavy (non-hydrogen) atoms. The summed E-state index contributed by atoms with van der Waals surface area (Å²) < 4.78 is 0. The number of alkyl halides is 2. The number of halogens is 2.